The Bertz CT molecular complexity index is 619. The Morgan fingerprint density at radius 1 is 1.20 bits per heavy atom. The normalized spacial score (nSPS) is 10.1. The smallest absolute Gasteiger partial charge is 0.301 e. The number of benzene rings is 1. The van der Waals surface area contributed by atoms with Crippen molar-refractivity contribution in [3.8, 4) is 5.75 Å². The predicted molar refractivity (Wildman–Crippen MR) is 69.7 cm³/mol. The molecule has 0 atom stereocenters. The third-order valence-corrected chi connectivity index (χ3v) is 2.62. The van der Waals surface area contributed by atoms with Gasteiger partial charge in [0.25, 0.3) is 0 Å². The van der Waals surface area contributed by atoms with Crippen LogP contribution in [0.3, 0.4) is 0 Å². The van der Waals surface area contributed by atoms with Crippen LogP contribution in [-0.2, 0) is 6.61 Å². The van der Waals surface area contributed by atoms with Crippen molar-refractivity contribution in [3.05, 3.63) is 53.5 Å². The minimum atomic E-state index is -0.530. The molecule has 7 heteroatoms. The van der Waals surface area contributed by atoms with Crippen LogP contribution in [0, 0.1) is 0 Å². The van der Waals surface area contributed by atoms with E-state index in [0.717, 1.165) is 0 Å². The Labute approximate surface area is 114 Å². The van der Waals surface area contributed by atoms with Gasteiger partial charge in [0.15, 0.2) is 5.76 Å². The molecule has 0 bridgehead atoms. The first-order valence-electron chi connectivity index (χ1n) is 5.72. The Morgan fingerprint density at radius 3 is 2.50 bits per heavy atom. The maximum atomic E-state index is 11.4. The number of nitrogen functional groups attached to an aromatic ring is 1. The van der Waals surface area contributed by atoms with Gasteiger partial charge in [-0.05, 0) is 30.3 Å². The molecule has 0 fully saturated rings. The van der Waals surface area contributed by atoms with E-state index in [0.29, 0.717) is 16.9 Å². The van der Waals surface area contributed by atoms with Crippen LogP contribution < -0.4 is 21.7 Å². The van der Waals surface area contributed by atoms with Crippen LogP contribution >= 0.6 is 0 Å². The first kappa shape index (κ1) is 13.6. The molecule has 7 nitrogen and oxygen atoms in total. The third kappa shape index (κ3) is 2.96. The molecule has 0 spiro atoms. The van der Waals surface area contributed by atoms with Crippen LogP contribution in [0.25, 0.3) is 0 Å². The molecule has 0 aliphatic heterocycles. The molecule has 0 saturated heterocycles. The van der Waals surface area contributed by atoms with Crippen LogP contribution in [-0.4, -0.2) is 11.8 Å². The summed E-state index contributed by atoms with van der Waals surface area (Å²) in [5.41, 5.74) is 8.08. The molecular weight excluding hydrogens is 262 g/mol. The highest BCUT2D eigenvalue weighted by Gasteiger charge is 2.14. The first-order valence-corrected chi connectivity index (χ1v) is 5.72. The molecule has 2 amide bonds. The Balaban J connectivity index is 2.04. The van der Waals surface area contributed by atoms with E-state index >= 15 is 0 Å². The third-order valence-electron chi connectivity index (χ3n) is 2.62. The molecule has 0 radical (unpaired) electrons. The van der Waals surface area contributed by atoms with Gasteiger partial charge < -0.3 is 14.9 Å². The molecular formula is C13H13N3O4. The van der Waals surface area contributed by atoms with Gasteiger partial charge in [0.05, 0.1) is 6.26 Å². The second kappa shape index (κ2) is 5.89. The average Bonchev–Trinajstić information content (AvgIpc) is 2.93. The van der Waals surface area contributed by atoms with E-state index in [1.54, 1.807) is 30.3 Å². The van der Waals surface area contributed by atoms with Gasteiger partial charge in [-0.3, -0.25) is 15.0 Å². The van der Waals surface area contributed by atoms with Crippen molar-refractivity contribution in [1.29, 1.82) is 0 Å². The van der Waals surface area contributed by atoms with E-state index in [-0.39, 0.29) is 12.4 Å². The molecule has 1 heterocycles. The Hall–Kier alpha value is -2.80. The number of ether oxygens (including phenoxy) is 1. The molecule has 1 aromatic carbocycles. The highest BCUT2D eigenvalue weighted by Crippen LogP contribution is 2.16. The van der Waals surface area contributed by atoms with Crippen molar-refractivity contribution < 1.29 is 18.7 Å². The summed E-state index contributed by atoms with van der Waals surface area (Å²) in [6, 6.07) is 7.95. The van der Waals surface area contributed by atoms with Gasteiger partial charge in [0, 0.05) is 11.1 Å². The van der Waals surface area contributed by atoms with Gasteiger partial charge in [0.1, 0.15) is 12.4 Å². The molecule has 0 saturated carbocycles. The quantitative estimate of drug-likeness (QED) is 0.418. The molecule has 0 aliphatic rings. The molecule has 2 rings (SSSR count). The maximum absolute atomic E-state index is 11.4. The van der Waals surface area contributed by atoms with E-state index in [9.17, 15) is 9.59 Å². The summed E-state index contributed by atoms with van der Waals surface area (Å²) in [5, 5.41) is 0. The fraction of sp³-hybridized carbons (Fsp3) is 0.0769. The monoisotopic (exact) mass is 275 g/mol. The summed E-state index contributed by atoms with van der Waals surface area (Å²) in [5.74, 6) is 4.64. The number of hydrazine groups is 1. The van der Waals surface area contributed by atoms with E-state index < -0.39 is 11.8 Å². The number of hydrogen-bond acceptors (Lipinski definition) is 5. The van der Waals surface area contributed by atoms with Gasteiger partial charge in [-0.1, -0.05) is 0 Å². The maximum Gasteiger partial charge on any atom is 0.301 e. The fourth-order valence-corrected chi connectivity index (χ4v) is 1.59. The number of hydrogen-bond donors (Lipinski definition) is 3. The Morgan fingerprint density at radius 2 is 1.90 bits per heavy atom. The van der Waals surface area contributed by atoms with Crippen LogP contribution in [0.15, 0.2) is 41.0 Å². The number of amides is 2. The van der Waals surface area contributed by atoms with E-state index in [2.05, 4.69) is 0 Å². The van der Waals surface area contributed by atoms with Crippen molar-refractivity contribution in [2.24, 2.45) is 11.6 Å². The molecule has 0 unspecified atom stereocenters. The average molecular weight is 275 g/mol. The zero-order valence-electron chi connectivity index (χ0n) is 10.5. The highest BCUT2D eigenvalue weighted by molar-refractivity contribution is 5.93. The number of carbonyl (C=O) groups excluding carboxylic acids is 2. The number of primary amides is 1. The summed E-state index contributed by atoms with van der Waals surface area (Å²) in [6.07, 6.45) is 1.37. The van der Waals surface area contributed by atoms with Crippen LogP contribution in [0.2, 0.25) is 0 Å². The molecule has 104 valence electrons. The van der Waals surface area contributed by atoms with Crippen LogP contribution in [0.5, 0.6) is 5.75 Å². The lowest BCUT2D eigenvalue weighted by Gasteiger charge is -2.06. The van der Waals surface area contributed by atoms with Gasteiger partial charge >= 0.3 is 5.91 Å². The second-order valence-electron chi connectivity index (χ2n) is 3.93. The van der Waals surface area contributed by atoms with E-state index in [1.807, 2.05) is 5.43 Å². The van der Waals surface area contributed by atoms with Crippen LogP contribution in [0.1, 0.15) is 26.5 Å². The number of furan rings is 1. The van der Waals surface area contributed by atoms with Crippen molar-refractivity contribution in [2.45, 2.75) is 6.61 Å². The zero-order chi connectivity index (χ0) is 14.5. The molecule has 5 N–H and O–H groups in total. The fourth-order valence-electron chi connectivity index (χ4n) is 1.59. The first-order chi connectivity index (χ1) is 9.61. The predicted octanol–water partition coefficient (Wildman–Crippen LogP) is 0.561. The highest BCUT2D eigenvalue weighted by atomic mass is 16.5. The summed E-state index contributed by atoms with van der Waals surface area (Å²) in [4.78, 5) is 22.3. The van der Waals surface area contributed by atoms with Crippen molar-refractivity contribution >= 4 is 11.8 Å². The minimum absolute atomic E-state index is 0.0984. The summed E-state index contributed by atoms with van der Waals surface area (Å²) in [7, 11) is 0. The standard InChI is InChI=1S/C13H13N3O4/c14-12(17)8-1-3-10(4-2-8)20-7-9-5-6-19-11(9)13(18)16-15/h1-6H,7,15H2,(H2,14,17)(H,16,18). The molecule has 0 aliphatic carbocycles. The molecule has 2 aromatic rings. The largest absolute Gasteiger partial charge is 0.489 e. The lowest BCUT2D eigenvalue weighted by atomic mass is 10.2. The van der Waals surface area contributed by atoms with E-state index in [4.69, 9.17) is 20.7 Å². The minimum Gasteiger partial charge on any atom is -0.489 e. The Kier molecular flexibility index (Phi) is 4.02. The number of nitrogens with two attached hydrogens (primary N) is 2. The number of rotatable bonds is 5. The van der Waals surface area contributed by atoms with Crippen molar-refractivity contribution in [3.63, 3.8) is 0 Å². The SMILES string of the molecule is NNC(=O)c1occc1COc1ccc(C(N)=O)cc1. The second-order valence-corrected chi connectivity index (χ2v) is 3.93. The summed E-state index contributed by atoms with van der Waals surface area (Å²) in [6.45, 7) is 0.134. The lowest BCUT2D eigenvalue weighted by molar-refractivity contribution is 0.0921. The lowest BCUT2D eigenvalue weighted by Crippen LogP contribution is -2.30. The van der Waals surface area contributed by atoms with E-state index in [1.165, 1.54) is 6.26 Å². The van der Waals surface area contributed by atoms with Gasteiger partial charge in [-0.25, -0.2) is 5.84 Å². The van der Waals surface area contributed by atoms with Gasteiger partial charge in [-0.15, -0.1) is 0 Å². The summed E-state index contributed by atoms with van der Waals surface area (Å²) >= 11 is 0. The number of carbonyl (C=O) groups is 2. The number of nitrogens with one attached hydrogen (secondary N) is 1. The topological polar surface area (TPSA) is 121 Å². The van der Waals surface area contributed by atoms with Crippen molar-refractivity contribution in [1.82, 2.24) is 5.43 Å². The van der Waals surface area contributed by atoms with Gasteiger partial charge in [-0.2, -0.15) is 0 Å². The zero-order valence-corrected chi connectivity index (χ0v) is 10.5. The van der Waals surface area contributed by atoms with Crippen molar-refractivity contribution in [2.75, 3.05) is 0 Å². The van der Waals surface area contributed by atoms with Gasteiger partial charge in [0.2, 0.25) is 5.91 Å². The summed E-state index contributed by atoms with van der Waals surface area (Å²) < 4.78 is 10.5. The van der Waals surface area contributed by atoms with Crippen LogP contribution in [0.4, 0.5) is 0 Å². The molecule has 1 aromatic heterocycles. The molecule has 20 heavy (non-hydrogen) atoms.